The summed E-state index contributed by atoms with van der Waals surface area (Å²) in [5, 5.41) is 0. The van der Waals surface area contributed by atoms with Gasteiger partial charge >= 0.3 is 6.09 Å². The maximum atomic E-state index is 11.4. The van der Waals surface area contributed by atoms with Crippen LogP contribution in [0.2, 0.25) is 0 Å². The molecule has 0 radical (unpaired) electrons. The molecule has 0 bridgehead atoms. The molecule has 3 heteroatoms. The fraction of sp³-hybridized carbons (Fsp3) is 0.900. The molecule has 3 nitrogen and oxygen atoms in total. The van der Waals surface area contributed by atoms with E-state index in [4.69, 9.17) is 4.74 Å². The molecule has 74 valence electrons. The highest BCUT2D eigenvalue weighted by Crippen LogP contribution is 2.29. The Balaban J connectivity index is 1.69. The Hall–Kier alpha value is -0.730. The normalized spacial score (nSPS) is 27.8. The van der Waals surface area contributed by atoms with Gasteiger partial charge in [-0.05, 0) is 31.1 Å². The van der Waals surface area contributed by atoms with E-state index in [1.165, 1.54) is 12.8 Å². The van der Waals surface area contributed by atoms with Crippen LogP contribution in [0.3, 0.4) is 0 Å². The van der Waals surface area contributed by atoms with Gasteiger partial charge in [-0.2, -0.15) is 0 Å². The van der Waals surface area contributed by atoms with Crippen molar-refractivity contribution in [2.45, 2.75) is 26.2 Å². The highest BCUT2D eigenvalue weighted by molar-refractivity contribution is 5.67. The number of nitrogens with zero attached hydrogens (tertiary/aromatic N) is 1. The minimum atomic E-state index is -0.101. The average Bonchev–Trinajstić information content (AvgIpc) is 2.84. The van der Waals surface area contributed by atoms with Crippen molar-refractivity contribution in [3.8, 4) is 0 Å². The van der Waals surface area contributed by atoms with Gasteiger partial charge in [0, 0.05) is 13.1 Å². The molecule has 0 aromatic rings. The second-order valence-corrected chi connectivity index (χ2v) is 4.36. The first-order valence-electron chi connectivity index (χ1n) is 5.17. The highest BCUT2D eigenvalue weighted by atomic mass is 16.6. The topological polar surface area (TPSA) is 29.5 Å². The summed E-state index contributed by atoms with van der Waals surface area (Å²) in [6, 6.07) is 0. The Morgan fingerprint density at radius 1 is 1.46 bits per heavy atom. The first kappa shape index (κ1) is 8.85. The van der Waals surface area contributed by atoms with E-state index in [2.05, 4.69) is 6.92 Å². The molecule has 1 aliphatic heterocycles. The second kappa shape index (κ2) is 3.56. The molecule has 13 heavy (non-hydrogen) atoms. The number of likely N-dealkylation sites (tertiary alicyclic amines) is 1. The van der Waals surface area contributed by atoms with Crippen molar-refractivity contribution in [3.63, 3.8) is 0 Å². The summed E-state index contributed by atoms with van der Waals surface area (Å²) in [7, 11) is 0. The number of amides is 1. The van der Waals surface area contributed by atoms with Gasteiger partial charge in [0.1, 0.15) is 0 Å². The van der Waals surface area contributed by atoms with Crippen molar-refractivity contribution in [3.05, 3.63) is 0 Å². The summed E-state index contributed by atoms with van der Waals surface area (Å²) in [5.74, 6) is 1.32. The molecular formula is C10H17NO2. The molecule has 0 aromatic heterocycles. The third-order valence-electron chi connectivity index (χ3n) is 2.82. The van der Waals surface area contributed by atoms with E-state index >= 15 is 0 Å². The number of carbonyl (C=O) groups excluding carboxylic acids is 1. The molecule has 1 saturated heterocycles. The highest BCUT2D eigenvalue weighted by Gasteiger charge is 2.27. The largest absolute Gasteiger partial charge is 0.449 e. The van der Waals surface area contributed by atoms with Crippen LogP contribution in [0.1, 0.15) is 26.2 Å². The van der Waals surface area contributed by atoms with Gasteiger partial charge in [-0.3, -0.25) is 0 Å². The summed E-state index contributed by atoms with van der Waals surface area (Å²) in [4.78, 5) is 13.3. The van der Waals surface area contributed by atoms with E-state index in [9.17, 15) is 4.79 Å². The van der Waals surface area contributed by atoms with E-state index in [0.29, 0.717) is 18.4 Å². The van der Waals surface area contributed by atoms with Crippen LogP contribution < -0.4 is 0 Å². The predicted octanol–water partition coefficient (Wildman–Crippen LogP) is 1.87. The van der Waals surface area contributed by atoms with Crippen molar-refractivity contribution in [2.75, 3.05) is 19.7 Å². The molecular weight excluding hydrogens is 166 g/mol. The van der Waals surface area contributed by atoms with Gasteiger partial charge in [-0.25, -0.2) is 4.79 Å². The fourth-order valence-electron chi connectivity index (χ4n) is 1.67. The fourth-order valence-corrected chi connectivity index (χ4v) is 1.67. The van der Waals surface area contributed by atoms with Gasteiger partial charge < -0.3 is 9.64 Å². The first-order valence-corrected chi connectivity index (χ1v) is 5.17. The molecule has 0 spiro atoms. The number of hydrogen-bond acceptors (Lipinski definition) is 2. The predicted molar refractivity (Wildman–Crippen MR) is 49.4 cm³/mol. The monoisotopic (exact) mass is 183 g/mol. The Bertz CT molecular complexity index is 201. The van der Waals surface area contributed by atoms with E-state index in [1.54, 1.807) is 0 Å². The molecule has 2 rings (SSSR count). The maximum Gasteiger partial charge on any atom is 0.409 e. The summed E-state index contributed by atoms with van der Waals surface area (Å²) < 4.78 is 5.19. The first-order chi connectivity index (χ1) is 6.25. The van der Waals surface area contributed by atoms with Crippen LogP contribution in [-0.2, 0) is 4.74 Å². The molecule has 2 aliphatic rings. The van der Waals surface area contributed by atoms with Gasteiger partial charge in [0.2, 0.25) is 0 Å². The van der Waals surface area contributed by atoms with Gasteiger partial charge in [0.25, 0.3) is 0 Å². The van der Waals surface area contributed by atoms with Crippen molar-refractivity contribution in [2.24, 2.45) is 11.8 Å². The summed E-state index contributed by atoms with van der Waals surface area (Å²) in [6.45, 7) is 4.58. The summed E-state index contributed by atoms with van der Waals surface area (Å²) in [5.41, 5.74) is 0. The minimum Gasteiger partial charge on any atom is -0.449 e. The SMILES string of the molecule is CC1CCN(C(=O)OCC2CC2)C1. The molecule has 0 aromatic carbocycles. The number of rotatable bonds is 2. The maximum absolute atomic E-state index is 11.4. The Morgan fingerprint density at radius 2 is 2.23 bits per heavy atom. The van der Waals surface area contributed by atoms with E-state index in [0.717, 1.165) is 19.5 Å². The molecule has 1 amide bonds. The van der Waals surface area contributed by atoms with Gasteiger partial charge in [0.15, 0.2) is 0 Å². The third-order valence-corrected chi connectivity index (χ3v) is 2.82. The lowest BCUT2D eigenvalue weighted by Gasteiger charge is -2.15. The van der Waals surface area contributed by atoms with E-state index in [1.807, 2.05) is 4.90 Å². The zero-order valence-electron chi connectivity index (χ0n) is 8.16. The molecule has 1 aliphatic carbocycles. The zero-order chi connectivity index (χ0) is 9.26. The van der Waals surface area contributed by atoms with Crippen LogP contribution in [-0.4, -0.2) is 30.7 Å². The third kappa shape index (κ3) is 2.36. The smallest absolute Gasteiger partial charge is 0.409 e. The van der Waals surface area contributed by atoms with E-state index < -0.39 is 0 Å². The lowest BCUT2D eigenvalue weighted by atomic mass is 10.2. The molecule has 0 N–H and O–H groups in total. The number of hydrogen-bond donors (Lipinski definition) is 0. The van der Waals surface area contributed by atoms with Crippen molar-refractivity contribution in [1.29, 1.82) is 0 Å². The molecule has 2 fully saturated rings. The molecule has 1 atom stereocenters. The molecule has 1 heterocycles. The Kier molecular flexibility index (Phi) is 2.42. The summed E-state index contributed by atoms with van der Waals surface area (Å²) in [6.07, 6.45) is 3.50. The summed E-state index contributed by atoms with van der Waals surface area (Å²) >= 11 is 0. The van der Waals surface area contributed by atoms with Gasteiger partial charge in [0.05, 0.1) is 6.61 Å². The Labute approximate surface area is 79.0 Å². The van der Waals surface area contributed by atoms with Gasteiger partial charge in [-0.1, -0.05) is 6.92 Å². The zero-order valence-corrected chi connectivity index (χ0v) is 8.16. The lowest BCUT2D eigenvalue weighted by molar-refractivity contribution is 0.105. The van der Waals surface area contributed by atoms with Crippen molar-refractivity contribution >= 4 is 6.09 Å². The van der Waals surface area contributed by atoms with Crippen LogP contribution >= 0.6 is 0 Å². The lowest BCUT2D eigenvalue weighted by Crippen LogP contribution is -2.29. The van der Waals surface area contributed by atoms with Crippen LogP contribution in [0.15, 0.2) is 0 Å². The van der Waals surface area contributed by atoms with E-state index in [-0.39, 0.29) is 6.09 Å². The second-order valence-electron chi connectivity index (χ2n) is 4.36. The van der Waals surface area contributed by atoms with Crippen LogP contribution in [0, 0.1) is 11.8 Å². The van der Waals surface area contributed by atoms with Gasteiger partial charge in [-0.15, -0.1) is 0 Å². The standard InChI is InChI=1S/C10H17NO2/c1-8-4-5-11(6-8)10(12)13-7-9-2-3-9/h8-9H,2-7H2,1H3. The molecule has 1 saturated carbocycles. The van der Waals surface area contributed by atoms with Crippen LogP contribution in [0.5, 0.6) is 0 Å². The van der Waals surface area contributed by atoms with Crippen LogP contribution in [0.25, 0.3) is 0 Å². The quantitative estimate of drug-likeness (QED) is 0.654. The van der Waals surface area contributed by atoms with Crippen LogP contribution in [0.4, 0.5) is 4.79 Å². The van der Waals surface area contributed by atoms with Crippen molar-refractivity contribution < 1.29 is 9.53 Å². The minimum absolute atomic E-state index is 0.101. The van der Waals surface area contributed by atoms with Crippen molar-refractivity contribution in [1.82, 2.24) is 4.90 Å². The number of carbonyl (C=O) groups is 1. The molecule has 1 unspecified atom stereocenters. The Morgan fingerprint density at radius 3 is 2.77 bits per heavy atom. The number of ether oxygens (including phenoxy) is 1. The average molecular weight is 183 g/mol.